The average Bonchev–Trinajstić information content (AvgIpc) is 2.25. The average molecular weight is 233 g/mol. The van der Waals surface area contributed by atoms with Gasteiger partial charge in [0.2, 0.25) is 11.8 Å². The third kappa shape index (κ3) is 4.46. The Kier molecular flexibility index (Phi) is 4.39. The van der Waals surface area contributed by atoms with Gasteiger partial charge in [0.05, 0.1) is 5.71 Å². The fourth-order valence-electron chi connectivity index (χ4n) is 1.25. The molecule has 0 aliphatic rings. The third-order valence-electron chi connectivity index (χ3n) is 1.98. The van der Waals surface area contributed by atoms with Crippen LogP contribution < -0.4 is 10.7 Å². The normalized spacial score (nSPS) is 10.9. The van der Waals surface area contributed by atoms with E-state index in [4.69, 9.17) is 0 Å². The quantitative estimate of drug-likeness (QED) is 0.613. The third-order valence-corrected chi connectivity index (χ3v) is 1.98. The van der Waals surface area contributed by atoms with Crippen LogP contribution >= 0.6 is 0 Å². The highest BCUT2D eigenvalue weighted by Crippen LogP contribution is 2.11. The molecule has 5 heteroatoms. The molecule has 1 rings (SSSR count). The van der Waals surface area contributed by atoms with Crippen molar-refractivity contribution >= 4 is 23.2 Å². The highest BCUT2D eigenvalue weighted by molar-refractivity contribution is 6.00. The molecule has 0 unspecified atom stereocenters. The monoisotopic (exact) mass is 233 g/mol. The fraction of sp³-hybridized carbons (Fsp3) is 0.250. The molecular formula is C12H15N3O2. The van der Waals surface area contributed by atoms with Gasteiger partial charge in [0.25, 0.3) is 0 Å². The van der Waals surface area contributed by atoms with Gasteiger partial charge >= 0.3 is 0 Å². The Hall–Kier alpha value is -2.17. The summed E-state index contributed by atoms with van der Waals surface area (Å²) in [5.74, 6) is -0.346. The molecule has 0 aromatic heterocycles. The number of anilines is 1. The molecular weight excluding hydrogens is 218 g/mol. The zero-order valence-corrected chi connectivity index (χ0v) is 10.1. The zero-order valence-electron chi connectivity index (χ0n) is 10.1. The molecule has 0 aliphatic carbocycles. The van der Waals surface area contributed by atoms with Gasteiger partial charge in [-0.2, -0.15) is 5.10 Å². The van der Waals surface area contributed by atoms with Gasteiger partial charge in [-0.1, -0.05) is 12.1 Å². The summed E-state index contributed by atoms with van der Waals surface area (Å²) in [6.45, 7) is 4.62. The van der Waals surface area contributed by atoms with Crippen molar-refractivity contribution in [2.24, 2.45) is 5.10 Å². The van der Waals surface area contributed by atoms with E-state index < -0.39 is 0 Å². The Bertz CT molecular complexity index is 467. The first-order chi connectivity index (χ1) is 7.99. The van der Waals surface area contributed by atoms with Gasteiger partial charge in [-0.25, -0.2) is 5.43 Å². The molecule has 0 radical (unpaired) electrons. The molecule has 2 N–H and O–H groups in total. The van der Waals surface area contributed by atoms with E-state index >= 15 is 0 Å². The van der Waals surface area contributed by atoms with Crippen LogP contribution in [0.25, 0.3) is 0 Å². The minimum absolute atomic E-state index is 0.126. The molecule has 17 heavy (non-hydrogen) atoms. The summed E-state index contributed by atoms with van der Waals surface area (Å²) < 4.78 is 0. The summed E-state index contributed by atoms with van der Waals surface area (Å²) in [5, 5.41) is 6.60. The van der Waals surface area contributed by atoms with E-state index in [0.717, 1.165) is 5.56 Å². The van der Waals surface area contributed by atoms with Gasteiger partial charge in [-0.15, -0.1) is 0 Å². The molecule has 0 bridgehead atoms. The maximum absolute atomic E-state index is 10.9. The second kappa shape index (κ2) is 5.79. The summed E-state index contributed by atoms with van der Waals surface area (Å²) in [7, 11) is 0. The maximum Gasteiger partial charge on any atom is 0.236 e. The number of nitrogens with one attached hydrogen (secondary N) is 2. The lowest BCUT2D eigenvalue weighted by molar-refractivity contribution is -0.119. The largest absolute Gasteiger partial charge is 0.326 e. The predicted octanol–water partition coefficient (Wildman–Crippen LogP) is 1.51. The number of rotatable bonds is 3. The van der Waals surface area contributed by atoms with E-state index in [1.165, 1.54) is 13.8 Å². The Labute approximate surface area is 99.9 Å². The molecule has 0 fully saturated rings. The molecule has 0 heterocycles. The van der Waals surface area contributed by atoms with Crippen LogP contribution in [-0.2, 0) is 9.59 Å². The van der Waals surface area contributed by atoms with Gasteiger partial charge in [-0.05, 0) is 24.6 Å². The summed E-state index contributed by atoms with van der Waals surface area (Å²) in [6.07, 6.45) is 0. The van der Waals surface area contributed by atoms with Crippen LogP contribution in [-0.4, -0.2) is 17.5 Å². The van der Waals surface area contributed by atoms with E-state index in [1.54, 1.807) is 19.1 Å². The van der Waals surface area contributed by atoms with Gasteiger partial charge in [-0.3, -0.25) is 9.59 Å². The molecule has 0 spiro atoms. The van der Waals surface area contributed by atoms with E-state index in [-0.39, 0.29) is 11.8 Å². The van der Waals surface area contributed by atoms with Crippen molar-refractivity contribution < 1.29 is 9.59 Å². The van der Waals surface area contributed by atoms with Crippen LogP contribution in [0.3, 0.4) is 0 Å². The van der Waals surface area contributed by atoms with E-state index in [9.17, 15) is 9.59 Å². The summed E-state index contributed by atoms with van der Waals surface area (Å²) in [6, 6.07) is 7.25. The molecule has 0 aliphatic heterocycles. The molecule has 1 aromatic rings. The van der Waals surface area contributed by atoms with Crippen LogP contribution in [0.2, 0.25) is 0 Å². The SMILES string of the molecule is CC(=O)N/N=C(/C)c1cccc(NC(C)=O)c1. The van der Waals surface area contributed by atoms with Gasteiger partial charge in [0.15, 0.2) is 0 Å². The molecule has 1 aromatic carbocycles. The molecule has 0 saturated carbocycles. The zero-order chi connectivity index (χ0) is 12.8. The topological polar surface area (TPSA) is 70.6 Å². The van der Waals surface area contributed by atoms with E-state index in [0.29, 0.717) is 11.4 Å². The second-order valence-corrected chi connectivity index (χ2v) is 3.63. The second-order valence-electron chi connectivity index (χ2n) is 3.63. The van der Waals surface area contributed by atoms with E-state index in [2.05, 4.69) is 15.8 Å². The van der Waals surface area contributed by atoms with Gasteiger partial charge < -0.3 is 5.32 Å². The highest BCUT2D eigenvalue weighted by Gasteiger charge is 2.01. The van der Waals surface area contributed by atoms with Crippen molar-refractivity contribution in [1.29, 1.82) is 0 Å². The van der Waals surface area contributed by atoms with Crippen LogP contribution in [0.15, 0.2) is 29.4 Å². The van der Waals surface area contributed by atoms with Crippen LogP contribution in [0.5, 0.6) is 0 Å². The standard InChI is InChI=1S/C12H15N3O2/c1-8(14-15-10(3)17)11-5-4-6-12(7-11)13-9(2)16/h4-7H,1-3H3,(H,13,16)(H,15,17)/b14-8-. The smallest absolute Gasteiger partial charge is 0.236 e. The fourth-order valence-corrected chi connectivity index (χ4v) is 1.25. The Morgan fingerprint density at radius 1 is 1.12 bits per heavy atom. The van der Waals surface area contributed by atoms with Gasteiger partial charge in [0, 0.05) is 19.5 Å². The Balaban J connectivity index is 2.87. The maximum atomic E-state index is 10.9. The van der Waals surface area contributed by atoms with E-state index in [1.807, 2.05) is 12.1 Å². The minimum atomic E-state index is -0.220. The van der Waals surface area contributed by atoms with Gasteiger partial charge in [0.1, 0.15) is 0 Å². The van der Waals surface area contributed by atoms with Crippen molar-refractivity contribution in [2.45, 2.75) is 20.8 Å². The number of hydrogen-bond acceptors (Lipinski definition) is 3. The molecule has 0 saturated heterocycles. The first-order valence-corrected chi connectivity index (χ1v) is 5.18. The Morgan fingerprint density at radius 2 is 1.82 bits per heavy atom. The number of hydrogen-bond donors (Lipinski definition) is 2. The predicted molar refractivity (Wildman–Crippen MR) is 66.8 cm³/mol. The lowest BCUT2D eigenvalue weighted by atomic mass is 10.1. The molecule has 2 amide bonds. The highest BCUT2D eigenvalue weighted by atomic mass is 16.2. The number of carbonyl (C=O) groups is 2. The van der Waals surface area contributed by atoms with Crippen molar-refractivity contribution in [2.75, 3.05) is 5.32 Å². The summed E-state index contributed by atoms with van der Waals surface area (Å²) in [4.78, 5) is 21.6. The minimum Gasteiger partial charge on any atom is -0.326 e. The van der Waals surface area contributed by atoms with Crippen LogP contribution in [0.4, 0.5) is 5.69 Å². The number of carbonyl (C=O) groups excluding carboxylic acids is 2. The lowest BCUT2D eigenvalue weighted by Gasteiger charge is -2.05. The lowest BCUT2D eigenvalue weighted by Crippen LogP contribution is -2.15. The molecule has 0 atom stereocenters. The van der Waals surface area contributed by atoms with Crippen molar-refractivity contribution in [3.8, 4) is 0 Å². The first kappa shape index (κ1) is 12.9. The van der Waals surface area contributed by atoms with Crippen molar-refractivity contribution in [3.63, 3.8) is 0 Å². The first-order valence-electron chi connectivity index (χ1n) is 5.18. The molecule has 5 nitrogen and oxygen atoms in total. The summed E-state index contributed by atoms with van der Waals surface area (Å²) >= 11 is 0. The Morgan fingerprint density at radius 3 is 2.41 bits per heavy atom. The van der Waals surface area contributed by atoms with Crippen molar-refractivity contribution in [1.82, 2.24) is 5.43 Å². The number of benzene rings is 1. The van der Waals surface area contributed by atoms with Crippen molar-refractivity contribution in [3.05, 3.63) is 29.8 Å². The van der Waals surface area contributed by atoms with Crippen LogP contribution in [0.1, 0.15) is 26.3 Å². The van der Waals surface area contributed by atoms with Crippen LogP contribution in [0, 0.1) is 0 Å². The molecule has 90 valence electrons. The summed E-state index contributed by atoms with van der Waals surface area (Å²) in [5.41, 5.74) is 4.58. The number of hydrazone groups is 1. The number of amides is 2. The number of nitrogens with zero attached hydrogens (tertiary/aromatic N) is 1.